The van der Waals surface area contributed by atoms with Gasteiger partial charge in [-0.3, -0.25) is 14.2 Å². The number of aryl methyl sites for hydroxylation is 1. The standard InChI is InChI=1S/C22H18ClN3O3S2/c1-13-3-8-17(16(23)11-13)24-19(27)12-31-22-25-18-9-10-30-20(18)21(28)26(22)14-4-6-15(29-2)7-5-14/h3-11H,12H2,1-2H3,(H,24,27). The van der Waals surface area contributed by atoms with E-state index in [1.165, 1.54) is 27.7 Å². The van der Waals surface area contributed by atoms with Crippen LogP contribution in [-0.2, 0) is 4.79 Å². The van der Waals surface area contributed by atoms with Crippen molar-refractivity contribution in [3.05, 3.63) is 74.9 Å². The van der Waals surface area contributed by atoms with Crippen molar-refractivity contribution in [2.24, 2.45) is 0 Å². The van der Waals surface area contributed by atoms with Crippen molar-refractivity contribution in [2.45, 2.75) is 12.1 Å². The van der Waals surface area contributed by atoms with Gasteiger partial charge in [0.25, 0.3) is 5.56 Å². The largest absolute Gasteiger partial charge is 0.497 e. The number of hydrogen-bond donors (Lipinski definition) is 1. The number of halogens is 1. The van der Waals surface area contributed by atoms with Gasteiger partial charge in [0, 0.05) is 0 Å². The van der Waals surface area contributed by atoms with Crippen LogP contribution in [0.4, 0.5) is 5.69 Å². The van der Waals surface area contributed by atoms with Crippen molar-refractivity contribution < 1.29 is 9.53 Å². The summed E-state index contributed by atoms with van der Waals surface area (Å²) in [5.41, 5.74) is 2.65. The number of carbonyl (C=O) groups is 1. The topological polar surface area (TPSA) is 73.2 Å². The van der Waals surface area contributed by atoms with E-state index in [1.54, 1.807) is 49.6 Å². The predicted octanol–water partition coefficient (Wildman–Crippen LogP) is 5.15. The van der Waals surface area contributed by atoms with Gasteiger partial charge >= 0.3 is 0 Å². The smallest absolute Gasteiger partial charge is 0.276 e. The third-order valence-corrected chi connectivity index (χ3v) is 6.65. The number of anilines is 1. The summed E-state index contributed by atoms with van der Waals surface area (Å²) < 4.78 is 7.29. The molecule has 1 amide bonds. The number of benzene rings is 2. The van der Waals surface area contributed by atoms with Gasteiger partial charge in [-0.2, -0.15) is 0 Å². The number of nitrogens with one attached hydrogen (secondary N) is 1. The SMILES string of the molecule is COc1ccc(-n2c(SCC(=O)Nc3ccc(C)cc3Cl)nc3ccsc3c2=O)cc1. The second-order valence-corrected chi connectivity index (χ2v) is 8.95. The molecule has 0 spiro atoms. The molecule has 158 valence electrons. The molecule has 0 bridgehead atoms. The molecule has 0 saturated carbocycles. The summed E-state index contributed by atoms with van der Waals surface area (Å²) >= 11 is 8.74. The number of thioether (sulfide) groups is 1. The average Bonchev–Trinajstić information content (AvgIpc) is 3.23. The summed E-state index contributed by atoms with van der Waals surface area (Å²) in [5, 5.41) is 5.55. The highest BCUT2D eigenvalue weighted by atomic mass is 35.5. The Morgan fingerprint density at radius 1 is 1.23 bits per heavy atom. The van der Waals surface area contributed by atoms with Crippen molar-refractivity contribution in [2.75, 3.05) is 18.2 Å². The molecular formula is C22H18ClN3O3S2. The van der Waals surface area contributed by atoms with E-state index in [4.69, 9.17) is 16.3 Å². The molecule has 6 nitrogen and oxygen atoms in total. The Morgan fingerprint density at radius 2 is 2.00 bits per heavy atom. The van der Waals surface area contributed by atoms with E-state index in [-0.39, 0.29) is 17.2 Å². The fourth-order valence-corrected chi connectivity index (χ4v) is 4.84. The van der Waals surface area contributed by atoms with Crippen molar-refractivity contribution in [1.29, 1.82) is 0 Å². The fourth-order valence-electron chi connectivity index (χ4n) is 2.99. The Morgan fingerprint density at radius 3 is 2.71 bits per heavy atom. The van der Waals surface area contributed by atoms with E-state index in [2.05, 4.69) is 10.3 Å². The number of aromatic nitrogens is 2. The Hall–Kier alpha value is -2.81. The number of rotatable bonds is 6. The highest BCUT2D eigenvalue weighted by Crippen LogP contribution is 2.26. The monoisotopic (exact) mass is 471 g/mol. The third-order valence-electron chi connectivity index (χ3n) is 4.51. The van der Waals surface area contributed by atoms with Gasteiger partial charge in [0.2, 0.25) is 5.91 Å². The summed E-state index contributed by atoms with van der Waals surface area (Å²) in [5.74, 6) is 0.518. The number of ether oxygens (including phenoxy) is 1. The van der Waals surface area contributed by atoms with Crippen LogP contribution < -0.4 is 15.6 Å². The zero-order chi connectivity index (χ0) is 22.0. The summed E-state index contributed by atoms with van der Waals surface area (Å²) in [7, 11) is 1.58. The minimum atomic E-state index is -0.239. The highest BCUT2D eigenvalue weighted by molar-refractivity contribution is 7.99. The average molecular weight is 472 g/mol. The quantitative estimate of drug-likeness (QED) is 0.311. The first-order valence-corrected chi connectivity index (χ1v) is 11.5. The van der Waals surface area contributed by atoms with Crippen LogP contribution in [-0.4, -0.2) is 28.3 Å². The van der Waals surface area contributed by atoms with Gasteiger partial charge in [0.1, 0.15) is 10.4 Å². The van der Waals surface area contributed by atoms with E-state index >= 15 is 0 Å². The third kappa shape index (κ3) is 4.61. The number of hydrogen-bond acceptors (Lipinski definition) is 6. The summed E-state index contributed by atoms with van der Waals surface area (Å²) in [6, 6.07) is 14.4. The lowest BCUT2D eigenvalue weighted by Gasteiger charge is -2.13. The molecule has 2 heterocycles. The number of methoxy groups -OCH3 is 1. The molecule has 31 heavy (non-hydrogen) atoms. The Bertz CT molecular complexity index is 1320. The first-order valence-electron chi connectivity index (χ1n) is 9.30. The number of amides is 1. The highest BCUT2D eigenvalue weighted by Gasteiger charge is 2.16. The van der Waals surface area contributed by atoms with Crippen LogP contribution in [0.15, 0.2) is 63.9 Å². The molecule has 0 aliphatic carbocycles. The summed E-state index contributed by atoms with van der Waals surface area (Å²) in [6.45, 7) is 1.93. The van der Waals surface area contributed by atoms with Crippen LogP contribution in [0, 0.1) is 6.92 Å². The summed E-state index contributed by atoms with van der Waals surface area (Å²) in [6.07, 6.45) is 0. The van der Waals surface area contributed by atoms with E-state index in [1.807, 2.05) is 18.4 Å². The molecule has 9 heteroatoms. The van der Waals surface area contributed by atoms with E-state index < -0.39 is 0 Å². The zero-order valence-corrected chi connectivity index (χ0v) is 19.1. The van der Waals surface area contributed by atoms with Gasteiger partial charge < -0.3 is 10.1 Å². The second-order valence-electron chi connectivity index (χ2n) is 6.69. The Balaban J connectivity index is 1.63. The molecular weight excluding hydrogens is 454 g/mol. The van der Waals surface area contributed by atoms with Crippen LogP contribution >= 0.6 is 34.7 Å². The molecule has 2 aromatic heterocycles. The van der Waals surface area contributed by atoms with Crippen molar-refractivity contribution >= 4 is 56.5 Å². The molecule has 0 unspecified atom stereocenters. The van der Waals surface area contributed by atoms with Gasteiger partial charge in [0.05, 0.1) is 34.8 Å². The lowest BCUT2D eigenvalue weighted by Crippen LogP contribution is -2.22. The number of nitrogens with zero attached hydrogens (tertiary/aromatic N) is 2. The van der Waals surface area contributed by atoms with Crippen LogP contribution in [0.3, 0.4) is 0 Å². The lowest BCUT2D eigenvalue weighted by molar-refractivity contribution is -0.113. The first-order chi connectivity index (χ1) is 15.0. The fraction of sp³-hybridized carbons (Fsp3) is 0.136. The van der Waals surface area contributed by atoms with Crippen LogP contribution in [0.25, 0.3) is 15.9 Å². The van der Waals surface area contributed by atoms with Gasteiger partial charge in [-0.15, -0.1) is 11.3 Å². The molecule has 2 aromatic carbocycles. The van der Waals surface area contributed by atoms with Gasteiger partial charge in [-0.25, -0.2) is 4.98 Å². The zero-order valence-electron chi connectivity index (χ0n) is 16.7. The number of thiophene rings is 1. The van der Waals surface area contributed by atoms with Crippen molar-refractivity contribution in [1.82, 2.24) is 9.55 Å². The molecule has 0 saturated heterocycles. The molecule has 0 fully saturated rings. The first kappa shape index (κ1) is 21.4. The molecule has 1 N–H and O–H groups in total. The van der Waals surface area contributed by atoms with Crippen LogP contribution in [0.1, 0.15) is 5.56 Å². The van der Waals surface area contributed by atoms with Gasteiger partial charge in [-0.1, -0.05) is 29.4 Å². The molecule has 0 aliphatic heterocycles. The van der Waals surface area contributed by atoms with Crippen molar-refractivity contribution in [3.63, 3.8) is 0 Å². The molecule has 0 radical (unpaired) electrons. The van der Waals surface area contributed by atoms with Crippen molar-refractivity contribution in [3.8, 4) is 11.4 Å². The predicted molar refractivity (Wildman–Crippen MR) is 127 cm³/mol. The molecule has 0 aliphatic rings. The van der Waals surface area contributed by atoms with E-state index in [0.29, 0.717) is 37.5 Å². The molecule has 0 atom stereocenters. The van der Waals surface area contributed by atoms with Crippen LogP contribution in [0.2, 0.25) is 5.02 Å². The normalized spacial score (nSPS) is 10.9. The maximum absolute atomic E-state index is 13.1. The van der Waals surface area contributed by atoms with Crippen LogP contribution in [0.5, 0.6) is 5.75 Å². The van der Waals surface area contributed by atoms with E-state index in [9.17, 15) is 9.59 Å². The second kappa shape index (κ2) is 9.13. The number of carbonyl (C=O) groups excluding carboxylic acids is 1. The van der Waals surface area contributed by atoms with Gasteiger partial charge in [0.15, 0.2) is 5.16 Å². The minimum Gasteiger partial charge on any atom is -0.497 e. The molecule has 4 rings (SSSR count). The maximum atomic E-state index is 13.1. The van der Waals surface area contributed by atoms with Gasteiger partial charge in [-0.05, 0) is 60.3 Å². The van der Waals surface area contributed by atoms with E-state index in [0.717, 1.165) is 5.56 Å². The molecule has 4 aromatic rings. The Kier molecular flexibility index (Phi) is 6.31. The number of fused-ring (bicyclic) bond motifs is 1. The summed E-state index contributed by atoms with van der Waals surface area (Å²) in [4.78, 5) is 30.3. The maximum Gasteiger partial charge on any atom is 0.276 e. The Labute approximate surface area is 191 Å². The lowest BCUT2D eigenvalue weighted by atomic mass is 10.2. The minimum absolute atomic E-state index is 0.0719.